The van der Waals surface area contributed by atoms with Crippen molar-refractivity contribution in [3.8, 4) is 22.8 Å². The van der Waals surface area contributed by atoms with Gasteiger partial charge in [-0.25, -0.2) is 9.37 Å². The maximum atomic E-state index is 13.8. The van der Waals surface area contributed by atoms with E-state index in [2.05, 4.69) is 4.98 Å². The molecule has 0 radical (unpaired) electrons. The van der Waals surface area contributed by atoms with Gasteiger partial charge >= 0.3 is 0 Å². The predicted molar refractivity (Wildman–Crippen MR) is 106 cm³/mol. The summed E-state index contributed by atoms with van der Waals surface area (Å²) in [5, 5.41) is 1.58. The van der Waals surface area contributed by atoms with Gasteiger partial charge in [0.25, 0.3) is 0 Å². The van der Waals surface area contributed by atoms with Gasteiger partial charge in [-0.05, 0) is 61.7 Å². The zero-order valence-corrected chi connectivity index (χ0v) is 16.4. The average Bonchev–Trinajstić information content (AvgIpc) is 2.63. The molecule has 1 heterocycles. The monoisotopic (exact) mass is 375 g/mol. The third-order valence-corrected chi connectivity index (χ3v) is 3.87. The van der Waals surface area contributed by atoms with E-state index < -0.39 is 5.82 Å². The number of aromatic nitrogens is 1. The zero-order valence-electron chi connectivity index (χ0n) is 15.6. The molecule has 5 heteroatoms. The molecule has 3 aromatic rings. The molecule has 0 fully saturated rings. The lowest BCUT2D eigenvalue weighted by Gasteiger charge is -2.11. The highest BCUT2D eigenvalue weighted by atomic mass is 35.5. The largest absolute Gasteiger partial charge is 0.494 e. The fourth-order valence-corrected chi connectivity index (χ4v) is 2.75. The molecule has 0 N–H and O–H groups in total. The summed E-state index contributed by atoms with van der Waals surface area (Å²) in [4.78, 5) is 4.38. The number of rotatable bonds is 4. The van der Waals surface area contributed by atoms with Gasteiger partial charge in [-0.3, -0.25) is 0 Å². The number of hydrogen-bond donors (Lipinski definition) is 0. The molecule has 2 aromatic carbocycles. The van der Waals surface area contributed by atoms with Gasteiger partial charge < -0.3 is 9.47 Å². The summed E-state index contributed by atoms with van der Waals surface area (Å²) in [7, 11) is 1.43. The molecule has 0 aliphatic heterocycles. The Balaban J connectivity index is 0.00000117. The predicted octanol–water partition coefficient (Wildman–Crippen LogP) is 6.52. The SMILES string of the molecule is CC.COc1cc2cc(-c3ccc(OC(C)C)cc3)nc(Cl)c2cc1F. The number of benzene rings is 2. The molecule has 3 nitrogen and oxygen atoms in total. The van der Waals surface area contributed by atoms with Crippen LogP contribution < -0.4 is 9.47 Å². The maximum absolute atomic E-state index is 13.8. The summed E-state index contributed by atoms with van der Waals surface area (Å²) in [6, 6.07) is 12.4. The second-order valence-electron chi connectivity index (χ2n) is 5.70. The first kappa shape index (κ1) is 20.0. The summed E-state index contributed by atoms with van der Waals surface area (Å²) >= 11 is 6.24. The Kier molecular flexibility index (Phi) is 6.81. The number of fused-ring (bicyclic) bond motifs is 1. The van der Waals surface area contributed by atoms with Gasteiger partial charge in [0.2, 0.25) is 0 Å². The van der Waals surface area contributed by atoms with Gasteiger partial charge in [0.05, 0.1) is 18.9 Å². The van der Waals surface area contributed by atoms with Crippen molar-refractivity contribution >= 4 is 22.4 Å². The number of ether oxygens (including phenoxy) is 2. The van der Waals surface area contributed by atoms with Crippen molar-refractivity contribution in [1.29, 1.82) is 0 Å². The van der Waals surface area contributed by atoms with Crippen LogP contribution in [0.2, 0.25) is 5.15 Å². The van der Waals surface area contributed by atoms with E-state index in [9.17, 15) is 4.39 Å². The van der Waals surface area contributed by atoms with Crippen LogP contribution in [0.4, 0.5) is 4.39 Å². The smallest absolute Gasteiger partial charge is 0.165 e. The number of pyridine rings is 1. The van der Waals surface area contributed by atoms with Crippen LogP contribution in [0.25, 0.3) is 22.0 Å². The van der Waals surface area contributed by atoms with Crippen LogP contribution in [0.3, 0.4) is 0 Å². The van der Waals surface area contributed by atoms with Gasteiger partial charge in [0.15, 0.2) is 11.6 Å². The Morgan fingerprint density at radius 1 is 1.04 bits per heavy atom. The van der Waals surface area contributed by atoms with Crippen molar-refractivity contribution in [1.82, 2.24) is 4.98 Å². The minimum Gasteiger partial charge on any atom is -0.494 e. The van der Waals surface area contributed by atoms with Gasteiger partial charge in [-0.2, -0.15) is 0 Å². The summed E-state index contributed by atoms with van der Waals surface area (Å²) in [6.07, 6.45) is 0.117. The highest BCUT2D eigenvalue weighted by Gasteiger charge is 2.11. The third kappa shape index (κ3) is 4.44. The summed E-state index contributed by atoms with van der Waals surface area (Å²) < 4.78 is 24.5. The first-order chi connectivity index (χ1) is 12.5. The minimum atomic E-state index is -0.461. The lowest BCUT2D eigenvalue weighted by molar-refractivity contribution is 0.242. The molecular weight excluding hydrogens is 353 g/mol. The zero-order chi connectivity index (χ0) is 19.3. The van der Waals surface area contributed by atoms with Crippen LogP contribution >= 0.6 is 11.6 Å². The molecule has 0 aliphatic carbocycles. The van der Waals surface area contributed by atoms with Crippen LogP contribution in [0.5, 0.6) is 11.5 Å². The van der Waals surface area contributed by atoms with E-state index in [1.807, 2.05) is 58.0 Å². The van der Waals surface area contributed by atoms with Gasteiger partial charge in [-0.15, -0.1) is 0 Å². The van der Waals surface area contributed by atoms with E-state index in [4.69, 9.17) is 21.1 Å². The van der Waals surface area contributed by atoms with Crippen molar-refractivity contribution < 1.29 is 13.9 Å². The number of hydrogen-bond acceptors (Lipinski definition) is 3. The van der Waals surface area contributed by atoms with Crippen LogP contribution in [-0.4, -0.2) is 18.2 Å². The van der Waals surface area contributed by atoms with Crippen molar-refractivity contribution in [3.63, 3.8) is 0 Å². The highest BCUT2D eigenvalue weighted by molar-refractivity contribution is 6.34. The second-order valence-corrected chi connectivity index (χ2v) is 6.06. The van der Waals surface area contributed by atoms with Crippen LogP contribution in [0.1, 0.15) is 27.7 Å². The first-order valence-corrected chi connectivity index (χ1v) is 8.96. The summed E-state index contributed by atoms with van der Waals surface area (Å²) in [6.45, 7) is 7.95. The fraction of sp³-hybridized carbons (Fsp3) is 0.286. The molecular formula is C21H23ClFNO2. The van der Waals surface area contributed by atoms with Crippen LogP contribution in [-0.2, 0) is 0 Å². The standard InChI is InChI=1S/C19H17ClFNO2.C2H6/c1-11(2)24-14-6-4-12(5-7-14)17-8-13-9-18(23-3)16(21)10-15(13)19(20)22-17;1-2/h4-11H,1-3H3;1-2H3. The molecule has 0 unspecified atom stereocenters. The molecule has 0 saturated carbocycles. The molecule has 0 aliphatic rings. The first-order valence-electron chi connectivity index (χ1n) is 8.59. The van der Waals surface area contributed by atoms with Crippen molar-refractivity contribution in [2.24, 2.45) is 0 Å². The third-order valence-electron chi connectivity index (χ3n) is 3.58. The normalized spacial score (nSPS) is 10.5. The number of methoxy groups -OCH3 is 1. The lowest BCUT2D eigenvalue weighted by atomic mass is 10.1. The van der Waals surface area contributed by atoms with E-state index in [0.29, 0.717) is 11.1 Å². The molecule has 138 valence electrons. The van der Waals surface area contributed by atoms with Crippen molar-refractivity contribution in [2.45, 2.75) is 33.8 Å². The molecule has 0 atom stereocenters. The van der Waals surface area contributed by atoms with Crippen molar-refractivity contribution in [2.75, 3.05) is 7.11 Å². The van der Waals surface area contributed by atoms with Crippen LogP contribution in [0.15, 0.2) is 42.5 Å². The maximum Gasteiger partial charge on any atom is 0.165 e. The minimum absolute atomic E-state index is 0.117. The molecule has 3 rings (SSSR count). The number of nitrogens with zero attached hydrogens (tertiary/aromatic N) is 1. The molecule has 0 spiro atoms. The van der Waals surface area contributed by atoms with E-state index in [1.165, 1.54) is 13.2 Å². The quantitative estimate of drug-likeness (QED) is 0.486. The molecule has 26 heavy (non-hydrogen) atoms. The fourth-order valence-electron chi connectivity index (χ4n) is 2.49. The van der Waals surface area contributed by atoms with E-state index in [1.54, 1.807) is 6.07 Å². The summed E-state index contributed by atoms with van der Waals surface area (Å²) in [5.41, 5.74) is 1.61. The molecule has 0 saturated heterocycles. The molecule has 1 aromatic heterocycles. The van der Waals surface area contributed by atoms with Crippen molar-refractivity contribution in [3.05, 3.63) is 53.4 Å². The highest BCUT2D eigenvalue weighted by Crippen LogP contribution is 2.32. The van der Waals surface area contributed by atoms with E-state index >= 15 is 0 Å². The lowest BCUT2D eigenvalue weighted by Crippen LogP contribution is -2.05. The second kappa shape index (κ2) is 8.86. The number of halogens is 2. The average molecular weight is 376 g/mol. The van der Waals surface area contributed by atoms with Gasteiger partial charge in [-0.1, -0.05) is 25.4 Å². The van der Waals surface area contributed by atoms with Gasteiger partial charge in [0, 0.05) is 10.9 Å². The summed E-state index contributed by atoms with van der Waals surface area (Å²) in [5.74, 6) is 0.511. The van der Waals surface area contributed by atoms with Gasteiger partial charge in [0.1, 0.15) is 10.9 Å². The molecule has 0 bridgehead atoms. The molecule has 0 amide bonds. The topological polar surface area (TPSA) is 31.4 Å². The van der Waals surface area contributed by atoms with Crippen LogP contribution in [0, 0.1) is 5.82 Å². The Hall–Kier alpha value is -2.33. The Labute approximate surface area is 158 Å². The Morgan fingerprint density at radius 3 is 2.27 bits per heavy atom. The Morgan fingerprint density at radius 2 is 1.69 bits per heavy atom. The van der Waals surface area contributed by atoms with E-state index in [-0.39, 0.29) is 17.0 Å². The van der Waals surface area contributed by atoms with E-state index in [0.717, 1.165) is 16.7 Å². The Bertz CT molecular complexity index is 879.